The summed E-state index contributed by atoms with van der Waals surface area (Å²) in [6, 6.07) is 5.08. The Kier molecular flexibility index (Phi) is 2.61. The summed E-state index contributed by atoms with van der Waals surface area (Å²) in [4.78, 5) is 12.1. The summed E-state index contributed by atoms with van der Waals surface area (Å²) >= 11 is 11.7. The summed E-state index contributed by atoms with van der Waals surface area (Å²) < 4.78 is 0. The van der Waals surface area contributed by atoms with E-state index in [1.54, 1.807) is 30.6 Å². The molecule has 14 heavy (non-hydrogen) atoms. The van der Waals surface area contributed by atoms with E-state index in [2.05, 4.69) is 15.0 Å². The van der Waals surface area contributed by atoms with E-state index in [1.165, 1.54) is 0 Å². The molecule has 0 aliphatic heterocycles. The molecule has 2 aromatic heterocycles. The molecule has 70 valence electrons. The van der Waals surface area contributed by atoms with Crippen molar-refractivity contribution in [2.45, 2.75) is 0 Å². The van der Waals surface area contributed by atoms with Crippen LogP contribution in [0, 0.1) is 0 Å². The average Bonchev–Trinajstić information content (AvgIpc) is 2.18. The Balaban J connectivity index is 2.55. The normalized spacial score (nSPS) is 10.1. The minimum absolute atomic E-state index is 0.372. The number of hydrogen-bond acceptors (Lipinski definition) is 3. The number of rotatable bonds is 1. The molecule has 0 bridgehead atoms. The summed E-state index contributed by atoms with van der Waals surface area (Å²) in [5.74, 6) is 0.433. The number of halogens is 2. The van der Waals surface area contributed by atoms with Crippen molar-refractivity contribution in [1.82, 2.24) is 15.0 Å². The molecule has 0 aliphatic rings. The fraction of sp³-hybridized carbons (Fsp3) is 0. The molecule has 3 nitrogen and oxygen atoms in total. The molecule has 0 fully saturated rings. The van der Waals surface area contributed by atoms with Crippen molar-refractivity contribution in [2.75, 3.05) is 0 Å². The third kappa shape index (κ3) is 1.84. The molecule has 0 N–H and O–H groups in total. The van der Waals surface area contributed by atoms with Crippen molar-refractivity contribution >= 4 is 23.2 Å². The number of aromatic nitrogens is 3. The number of nitrogens with zero attached hydrogens (tertiary/aromatic N) is 3. The van der Waals surface area contributed by atoms with E-state index in [9.17, 15) is 0 Å². The van der Waals surface area contributed by atoms with Gasteiger partial charge in [-0.15, -0.1) is 0 Å². The zero-order valence-electron chi connectivity index (χ0n) is 6.98. The Morgan fingerprint density at radius 2 is 1.86 bits per heavy atom. The van der Waals surface area contributed by atoms with E-state index in [-0.39, 0.29) is 0 Å². The van der Waals surface area contributed by atoms with Gasteiger partial charge in [0, 0.05) is 12.4 Å². The Hall–Kier alpha value is -1.19. The Bertz CT molecular complexity index is 459. The van der Waals surface area contributed by atoms with Gasteiger partial charge in [-0.05, 0) is 18.2 Å². The topological polar surface area (TPSA) is 38.7 Å². The lowest BCUT2D eigenvalue weighted by molar-refractivity contribution is 1.14. The molecule has 0 unspecified atom stereocenters. The van der Waals surface area contributed by atoms with E-state index in [4.69, 9.17) is 23.2 Å². The summed E-state index contributed by atoms with van der Waals surface area (Å²) in [5.41, 5.74) is 0.539. The molecule has 2 aromatic rings. The van der Waals surface area contributed by atoms with Crippen molar-refractivity contribution in [3.8, 4) is 11.5 Å². The average molecular weight is 226 g/mol. The van der Waals surface area contributed by atoms with E-state index >= 15 is 0 Å². The highest BCUT2D eigenvalue weighted by molar-refractivity contribution is 6.33. The molecule has 0 atom stereocenters. The van der Waals surface area contributed by atoms with Gasteiger partial charge in [-0.2, -0.15) is 0 Å². The van der Waals surface area contributed by atoms with Crippen molar-refractivity contribution in [2.24, 2.45) is 0 Å². The summed E-state index contributed by atoms with van der Waals surface area (Å²) in [6.07, 6.45) is 3.20. The van der Waals surface area contributed by atoms with Gasteiger partial charge in [0.15, 0.2) is 5.82 Å². The molecule has 2 heterocycles. The lowest BCUT2D eigenvalue weighted by Gasteiger charge is -2.00. The van der Waals surface area contributed by atoms with Crippen LogP contribution in [-0.2, 0) is 0 Å². The second-order valence-electron chi connectivity index (χ2n) is 2.54. The van der Waals surface area contributed by atoms with Crippen LogP contribution in [0.2, 0.25) is 10.2 Å². The zero-order valence-corrected chi connectivity index (χ0v) is 8.50. The molecule has 0 aliphatic carbocycles. The quantitative estimate of drug-likeness (QED) is 0.701. The van der Waals surface area contributed by atoms with Crippen LogP contribution < -0.4 is 0 Å². The third-order valence-electron chi connectivity index (χ3n) is 1.59. The summed E-state index contributed by atoms with van der Waals surface area (Å²) in [6.45, 7) is 0. The second-order valence-corrected chi connectivity index (χ2v) is 3.33. The first kappa shape index (κ1) is 9.37. The smallest absolute Gasteiger partial charge is 0.181 e. The van der Waals surface area contributed by atoms with Gasteiger partial charge in [0.05, 0.1) is 5.02 Å². The van der Waals surface area contributed by atoms with E-state index in [0.717, 1.165) is 0 Å². The molecule has 0 spiro atoms. The zero-order chi connectivity index (χ0) is 9.97. The first-order valence-electron chi connectivity index (χ1n) is 3.87. The fourth-order valence-corrected chi connectivity index (χ4v) is 1.34. The van der Waals surface area contributed by atoms with E-state index in [1.807, 2.05) is 0 Å². The van der Waals surface area contributed by atoms with Crippen LogP contribution in [-0.4, -0.2) is 15.0 Å². The largest absolute Gasteiger partial charge is 0.251 e. The molecule has 0 saturated carbocycles. The Morgan fingerprint density at radius 1 is 1.00 bits per heavy atom. The minimum atomic E-state index is 0.372. The molecule has 0 aromatic carbocycles. The summed E-state index contributed by atoms with van der Waals surface area (Å²) in [7, 11) is 0. The maximum absolute atomic E-state index is 5.93. The van der Waals surface area contributed by atoms with Gasteiger partial charge in [-0.3, -0.25) is 4.98 Å². The van der Waals surface area contributed by atoms with Crippen LogP contribution >= 0.6 is 23.2 Å². The van der Waals surface area contributed by atoms with Gasteiger partial charge >= 0.3 is 0 Å². The molecule has 0 radical (unpaired) electrons. The van der Waals surface area contributed by atoms with Gasteiger partial charge in [0.1, 0.15) is 10.8 Å². The fourth-order valence-electron chi connectivity index (χ4n) is 1.00. The van der Waals surface area contributed by atoms with Gasteiger partial charge < -0.3 is 0 Å². The lowest BCUT2D eigenvalue weighted by Crippen LogP contribution is -1.91. The Labute approximate surface area is 90.8 Å². The van der Waals surface area contributed by atoms with Crippen molar-refractivity contribution in [3.05, 3.63) is 40.8 Å². The monoisotopic (exact) mass is 225 g/mol. The van der Waals surface area contributed by atoms with Gasteiger partial charge in [-0.1, -0.05) is 23.2 Å². The molecular formula is C9H5Cl2N3. The first-order valence-corrected chi connectivity index (χ1v) is 4.62. The van der Waals surface area contributed by atoms with Crippen LogP contribution in [0.1, 0.15) is 0 Å². The predicted octanol–water partition coefficient (Wildman–Crippen LogP) is 2.85. The van der Waals surface area contributed by atoms with Gasteiger partial charge in [0.25, 0.3) is 0 Å². The molecule has 2 rings (SSSR count). The predicted molar refractivity (Wildman–Crippen MR) is 55.3 cm³/mol. The molecule has 0 saturated heterocycles. The lowest BCUT2D eigenvalue weighted by atomic mass is 10.3. The minimum Gasteiger partial charge on any atom is -0.251 e. The SMILES string of the molecule is Clc1ccnc(-c2ncccc2Cl)n1. The maximum Gasteiger partial charge on any atom is 0.181 e. The highest BCUT2D eigenvalue weighted by Crippen LogP contribution is 2.22. The van der Waals surface area contributed by atoms with Crippen molar-refractivity contribution in [3.63, 3.8) is 0 Å². The first-order chi connectivity index (χ1) is 6.77. The van der Waals surface area contributed by atoms with Crippen LogP contribution in [0.3, 0.4) is 0 Å². The Morgan fingerprint density at radius 3 is 2.57 bits per heavy atom. The van der Waals surface area contributed by atoms with Crippen molar-refractivity contribution in [1.29, 1.82) is 0 Å². The van der Waals surface area contributed by atoms with E-state index in [0.29, 0.717) is 21.7 Å². The van der Waals surface area contributed by atoms with Crippen LogP contribution in [0.5, 0.6) is 0 Å². The van der Waals surface area contributed by atoms with Crippen LogP contribution in [0.15, 0.2) is 30.6 Å². The number of hydrogen-bond donors (Lipinski definition) is 0. The van der Waals surface area contributed by atoms with Crippen LogP contribution in [0.25, 0.3) is 11.5 Å². The summed E-state index contributed by atoms with van der Waals surface area (Å²) in [5, 5.41) is 0.881. The second kappa shape index (κ2) is 3.90. The highest BCUT2D eigenvalue weighted by Gasteiger charge is 2.06. The maximum atomic E-state index is 5.93. The standard InChI is InChI=1S/C9H5Cl2N3/c10-6-2-1-4-12-8(6)9-13-5-3-7(11)14-9/h1-5H. The molecular weight excluding hydrogens is 221 g/mol. The highest BCUT2D eigenvalue weighted by atomic mass is 35.5. The third-order valence-corrected chi connectivity index (χ3v) is 2.11. The molecule has 5 heteroatoms. The van der Waals surface area contributed by atoms with Gasteiger partial charge in [-0.25, -0.2) is 9.97 Å². The van der Waals surface area contributed by atoms with Crippen molar-refractivity contribution < 1.29 is 0 Å². The van der Waals surface area contributed by atoms with Gasteiger partial charge in [0.2, 0.25) is 0 Å². The number of pyridine rings is 1. The van der Waals surface area contributed by atoms with E-state index < -0.39 is 0 Å². The van der Waals surface area contributed by atoms with Crippen LogP contribution in [0.4, 0.5) is 0 Å². The molecule has 0 amide bonds.